The van der Waals surface area contributed by atoms with Crippen molar-refractivity contribution in [2.24, 2.45) is 0 Å². The molecule has 0 atom stereocenters. The first-order valence-corrected chi connectivity index (χ1v) is 9.87. The second kappa shape index (κ2) is 9.08. The van der Waals surface area contributed by atoms with E-state index in [1.807, 2.05) is 51.1 Å². The lowest BCUT2D eigenvalue weighted by atomic mass is 10.0. The molecule has 1 heterocycles. The fourth-order valence-electron chi connectivity index (χ4n) is 2.67. The highest BCUT2D eigenvalue weighted by Crippen LogP contribution is 2.29. The van der Waals surface area contributed by atoms with E-state index < -0.39 is 11.5 Å². The van der Waals surface area contributed by atoms with Gasteiger partial charge in [-0.3, -0.25) is 14.5 Å². The molecule has 146 valence electrons. The molecule has 2 rings (SSSR count). The zero-order chi connectivity index (χ0) is 20.0. The van der Waals surface area contributed by atoms with Crippen LogP contribution in [0.1, 0.15) is 33.3 Å². The van der Waals surface area contributed by atoms with E-state index >= 15 is 0 Å². The maximum atomic E-state index is 13.0. The third-order valence-electron chi connectivity index (χ3n) is 4.03. The van der Waals surface area contributed by atoms with Crippen LogP contribution in [0.4, 0.5) is 0 Å². The Morgan fingerprint density at radius 1 is 1.26 bits per heavy atom. The van der Waals surface area contributed by atoms with Gasteiger partial charge in [-0.1, -0.05) is 42.1 Å². The van der Waals surface area contributed by atoms with Crippen molar-refractivity contribution in [2.75, 3.05) is 18.9 Å². The number of rotatable bonds is 6. The average molecular weight is 391 g/mol. The first-order chi connectivity index (χ1) is 12.7. The van der Waals surface area contributed by atoms with Crippen LogP contribution in [-0.4, -0.2) is 52.0 Å². The number of hydrogen-bond donors (Lipinski definition) is 0. The highest BCUT2D eigenvalue weighted by molar-refractivity contribution is 8.04. The number of carbonyl (C=O) groups excluding carboxylic acids is 3. The van der Waals surface area contributed by atoms with E-state index in [2.05, 4.69) is 0 Å². The first kappa shape index (κ1) is 21.0. The minimum atomic E-state index is -0.510. The summed E-state index contributed by atoms with van der Waals surface area (Å²) in [5.41, 5.74) is 0.610. The van der Waals surface area contributed by atoms with Crippen LogP contribution in [0.5, 0.6) is 0 Å². The molecule has 0 spiro atoms. The van der Waals surface area contributed by atoms with Gasteiger partial charge in [0.2, 0.25) is 11.8 Å². The molecule has 0 N–H and O–H groups in total. The Kier molecular flexibility index (Phi) is 7.07. The lowest BCUT2D eigenvalue weighted by Crippen LogP contribution is -2.49. The van der Waals surface area contributed by atoms with Crippen LogP contribution in [0, 0.1) is 0 Å². The molecular weight excluding hydrogens is 364 g/mol. The zero-order valence-corrected chi connectivity index (χ0v) is 17.0. The van der Waals surface area contributed by atoms with Crippen molar-refractivity contribution in [3.05, 3.63) is 47.0 Å². The van der Waals surface area contributed by atoms with Gasteiger partial charge in [0.05, 0.1) is 23.5 Å². The van der Waals surface area contributed by atoms with E-state index in [-0.39, 0.29) is 30.7 Å². The van der Waals surface area contributed by atoms with Crippen LogP contribution in [0.3, 0.4) is 0 Å². The number of amides is 2. The molecule has 0 aliphatic carbocycles. The van der Waals surface area contributed by atoms with Gasteiger partial charge < -0.3 is 9.64 Å². The molecule has 1 aromatic carbocycles. The smallest absolute Gasteiger partial charge is 0.333 e. The summed E-state index contributed by atoms with van der Waals surface area (Å²) in [5.74, 6) is -0.647. The molecule has 1 aliphatic rings. The van der Waals surface area contributed by atoms with Gasteiger partial charge in [-0.05, 0) is 33.3 Å². The van der Waals surface area contributed by atoms with E-state index in [1.165, 1.54) is 22.7 Å². The normalized spacial score (nSPS) is 15.9. The second-order valence-electron chi connectivity index (χ2n) is 7.14. The Hall–Kier alpha value is -2.28. The Morgan fingerprint density at radius 3 is 2.52 bits per heavy atom. The first-order valence-electron chi connectivity index (χ1n) is 8.88. The van der Waals surface area contributed by atoms with E-state index in [1.54, 1.807) is 11.8 Å². The Balaban J connectivity index is 2.17. The molecule has 0 bridgehead atoms. The number of esters is 1. The molecule has 6 nitrogen and oxygen atoms in total. The predicted octanol–water partition coefficient (Wildman–Crippen LogP) is 2.79. The number of benzene rings is 1. The van der Waals surface area contributed by atoms with Crippen LogP contribution < -0.4 is 0 Å². The standard InChI is InChI=1S/C20H26N2O4S/c1-5-26-19(25)11-18-21(17(24)14-27-18)13-16(23)22(20(2,3)4)12-15-9-7-6-8-10-15/h6-11H,5,12-14H2,1-4H3/b18-11-. The molecule has 0 radical (unpaired) electrons. The minimum absolute atomic E-state index is 0.0961. The monoisotopic (exact) mass is 390 g/mol. The van der Waals surface area contributed by atoms with Crippen LogP contribution in [0.15, 0.2) is 41.4 Å². The summed E-state index contributed by atoms with van der Waals surface area (Å²) in [7, 11) is 0. The van der Waals surface area contributed by atoms with Crippen LogP contribution in [-0.2, 0) is 25.7 Å². The average Bonchev–Trinajstić information content (AvgIpc) is 2.93. The van der Waals surface area contributed by atoms with Crippen LogP contribution in [0.25, 0.3) is 0 Å². The Labute approximate surface area is 164 Å². The van der Waals surface area contributed by atoms with Gasteiger partial charge in [-0.15, -0.1) is 0 Å². The van der Waals surface area contributed by atoms with Crippen molar-refractivity contribution >= 4 is 29.5 Å². The van der Waals surface area contributed by atoms with Crippen molar-refractivity contribution in [1.82, 2.24) is 9.80 Å². The maximum absolute atomic E-state index is 13.0. The summed E-state index contributed by atoms with van der Waals surface area (Å²) in [6.45, 7) is 8.22. The largest absolute Gasteiger partial charge is 0.463 e. The number of hydrogen-bond acceptors (Lipinski definition) is 5. The highest BCUT2D eigenvalue weighted by Gasteiger charge is 2.33. The van der Waals surface area contributed by atoms with Crippen molar-refractivity contribution in [3.63, 3.8) is 0 Å². The maximum Gasteiger partial charge on any atom is 0.333 e. The fourth-order valence-corrected chi connectivity index (χ4v) is 3.60. The Morgan fingerprint density at radius 2 is 1.93 bits per heavy atom. The summed E-state index contributed by atoms with van der Waals surface area (Å²) in [4.78, 5) is 40.1. The van der Waals surface area contributed by atoms with E-state index in [4.69, 9.17) is 4.74 Å². The second-order valence-corrected chi connectivity index (χ2v) is 8.14. The summed E-state index contributed by atoms with van der Waals surface area (Å²) < 4.78 is 4.91. The summed E-state index contributed by atoms with van der Waals surface area (Å²) in [6, 6.07) is 9.73. The van der Waals surface area contributed by atoms with Crippen LogP contribution >= 0.6 is 11.8 Å². The third-order valence-corrected chi connectivity index (χ3v) is 5.05. The van der Waals surface area contributed by atoms with Gasteiger partial charge in [-0.2, -0.15) is 0 Å². The Bertz CT molecular complexity index is 725. The number of ether oxygens (including phenoxy) is 1. The summed E-state index contributed by atoms with van der Waals surface area (Å²) in [5, 5.41) is 0.459. The number of thioether (sulfide) groups is 1. The van der Waals surface area contributed by atoms with Crippen molar-refractivity contribution < 1.29 is 19.1 Å². The lowest BCUT2D eigenvalue weighted by Gasteiger charge is -2.37. The van der Waals surface area contributed by atoms with Gasteiger partial charge in [0.15, 0.2) is 0 Å². The van der Waals surface area contributed by atoms with Gasteiger partial charge in [0.25, 0.3) is 0 Å². The molecule has 1 aliphatic heterocycles. The molecule has 0 aromatic heterocycles. The highest BCUT2D eigenvalue weighted by atomic mass is 32.2. The minimum Gasteiger partial charge on any atom is -0.463 e. The summed E-state index contributed by atoms with van der Waals surface area (Å²) >= 11 is 1.24. The number of carbonyl (C=O) groups is 3. The van der Waals surface area contributed by atoms with Gasteiger partial charge in [-0.25, -0.2) is 4.79 Å². The molecule has 7 heteroatoms. The lowest BCUT2D eigenvalue weighted by molar-refractivity contribution is -0.141. The number of nitrogens with zero attached hydrogens (tertiary/aromatic N) is 2. The quantitative estimate of drug-likeness (QED) is 0.552. The van der Waals surface area contributed by atoms with Crippen LogP contribution in [0.2, 0.25) is 0 Å². The van der Waals surface area contributed by atoms with Crippen molar-refractivity contribution in [1.29, 1.82) is 0 Å². The molecular formula is C20H26N2O4S. The third kappa shape index (κ3) is 5.85. The van der Waals surface area contributed by atoms with Gasteiger partial charge in [0.1, 0.15) is 6.54 Å². The van der Waals surface area contributed by atoms with Crippen molar-refractivity contribution in [2.45, 2.75) is 39.8 Å². The van der Waals surface area contributed by atoms with Gasteiger partial charge in [0, 0.05) is 12.1 Å². The molecule has 1 fully saturated rings. The molecule has 27 heavy (non-hydrogen) atoms. The fraction of sp³-hybridized carbons (Fsp3) is 0.450. The summed E-state index contributed by atoms with van der Waals surface area (Å²) in [6.07, 6.45) is 1.28. The van der Waals surface area contributed by atoms with Crippen molar-refractivity contribution in [3.8, 4) is 0 Å². The van der Waals surface area contributed by atoms with E-state index in [0.29, 0.717) is 11.6 Å². The van der Waals surface area contributed by atoms with E-state index in [0.717, 1.165) is 5.56 Å². The SMILES string of the molecule is CCOC(=O)/C=C1\SCC(=O)N1CC(=O)N(Cc1ccccc1)C(C)(C)C. The van der Waals surface area contributed by atoms with Gasteiger partial charge >= 0.3 is 5.97 Å². The van der Waals surface area contributed by atoms with E-state index in [9.17, 15) is 14.4 Å². The molecule has 0 saturated carbocycles. The molecule has 1 saturated heterocycles. The molecule has 2 amide bonds. The molecule has 0 unspecified atom stereocenters. The predicted molar refractivity (Wildman–Crippen MR) is 106 cm³/mol. The topological polar surface area (TPSA) is 66.9 Å². The molecule has 1 aromatic rings. The zero-order valence-electron chi connectivity index (χ0n) is 16.2.